The van der Waals surface area contributed by atoms with Crippen LogP contribution in [0.4, 0.5) is 10.2 Å². The molecule has 1 saturated heterocycles. The third-order valence-electron chi connectivity index (χ3n) is 6.03. The Kier molecular flexibility index (Phi) is 6.00. The topological polar surface area (TPSA) is 77.2 Å². The molecule has 2 aromatic carbocycles. The minimum atomic E-state index is -0.592. The number of nitrogens with zero attached hydrogens (tertiary/aromatic N) is 1. The fraction of sp³-hybridized carbons (Fsp3) is 0.280. The van der Waals surface area contributed by atoms with E-state index in [2.05, 4.69) is 17.2 Å². The van der Waals surface area contributed by atoms with Gasteiger partial charge in [-0.15, -0.1) is 0 Å². The highest BCUT2D eigenvalue weighted by atomic mass is 19.1. The van der Waals surface area contributed by atoms with Crippen molar-refractivity contribution in [2.24, 2.45) is 0 Å². The second kappa shape index (κ2) is 8.86. The summed E-state index contributed by atoms with van der Waals surface area (Å²) in [5.74, 6) is -0.715. The van der Waals surface area contributed by atoms with Gasteiger partial charge in [-0.1, -0.05) is 43.3 Å². The number of rotatable bonds is 5. The van der Waals surface area contributed by atoms with E-state index in [1.165, 1.54) is 12.1 Å². The molecule has 2 heterocycles. The van der Waals surface area contributed by atoms with Crippen LogP contribution in [-0.4, -0.2) is 24.1 Å². The number of carbonyl (C=O) groups is 1. The van der Waals surface area contributed by atoms with Gasteiger partial charge < -0.3 is 15.8 Å². The molecule has 160 valence electrons. The van der Waals surface area contributed by atoms with Gasteiger partial charge >= 0.3 is 0 Å². The highest BCUT2D eigenvalue weighted by Crippen LogP contribution is 2.37. The van der Waals surface area contributed by atoms with Crippen LogP contribution in [0.25, 0.3) is 11.1 Å². The zero-order chi connectivity index (χ0) is 21.8. The number of nitrogens with one attached hydrogen (secondary N) is 1. The third-order valence-corrected chi connectivity index (χ3v) is 6.03. The van der Waals surface area contributed by atoms with Crippen molar-refractivity contribution in [2.75, 3.05) is 18.9 Å². The summed E-state index contributed by atoms with van der Waals surface area (Å²) in [7, 11) is 0. The van der Waals surface area contributed by atoms with Gasteiger partial charge in [0.05, 0.1) is 5.56 Å². The number of aromatic nitrogens is 1. The molecule has 0 bridgehead atoms. The molecular weight excluding hydrogens is 393 g/mol. The Hall–Kier alpha value is -3.25. The van der Waals surface area contributed by atoms with Crippen LogP contribution in [0.1, 0.15) is 41.3 Å². The first-order valence-corrected chi connectivity index (χ1v) is 10.4. The molecule has 3 aromatic rings. The van der Waals surface area contributed by atoms with E-state index < -0.39 is 11.7 Å². The Bertz CT molecular complexity index is 1080. The van der Waals surface area contributed by atoms with Crippen LogP contribution >= 0.6 is 0 Å². The van der Waals surface area contributed by atoms with Crippen molar-refractivity contribution in [2.45, 2.75) is 31.7 Å². The minimum absolute atomic E-state index is 0.00115. The molecule has 3 N–H and O–H groups in total. The Balaban J connectivity index is 1.56. The highest BCUT2D eigenvalue weighted by Gasteiger charge is 2.30. The number of carbonyl (C=O) groups excluding carboxylic acids is 1. The SMILES string of the molecule is CC1(c2cnc(N)c(-c3ccc(C(=O)NCc4ccccc4)c(F)c3)c2)CCOCC1. The lowest BCUT2D eigenvalue weighted by Crippen LogP contribution is -2.30. The number of hydrogen-bond donors (Lipinski definition) is 2. The number of nitrogens with two attached hydrogens (primary N) is 1. The number of ether oxygens (including phenoxy) is 1. The van der Waals surface area contributed by atoms with Gasteiger partial charge in [0.1, 0.15) is 11.6 Å². The molecule has 5 nitrogen and oxygen atoms in total. The second-order valence-electron chi connectivity index (χ2n) is 8.19. The first-order chi connectivity index (χ1) is 15.0. The lowest BCUT2D eigenvalue weighted by atomic mass is 9.76. The van der Waals surface area contributed by atoms with Gasteiger partial charge in [-0.2, -0.15) is 0 Å². The average Bonchev–Trinajstić information content (AvgIpc) is 2.79. The fourth-order valence-electron chi connectivity index (χ4n) is 3.89. The van der Waals surface area contributed by atoms with Crippen molar-refractivity contribution >= 4 is 11.7 Å². The summed E-state index contributed by atoms with van der Waals surface area (Å²) in [6.45, 7) is 3.94. The van der Waals surface area contributed by atoms with E-state index >= 15 is 0 Å². The number of anilines is 1. The van der Waals surface area contributed by atoms with E-state index in [-0.39, 0.29) is 11.0 Å². The molecule has 4 rings (SSSR count). The van der Waals surface area contributed by atoms with Crippen LogP contribution in [-0.2, 0) is 16.7 Å². The minimum Gasteiger partial charge on any atom is -0.383 e. The Morgan fingerprint density at radius 1 is 1.16 bits per heavy atom. The van der Waals surface area contributed by atoms with Crippen molar-refractivity contribution in [3.05, 3.63) is 83.3 Å². The number of amides is 1. The Morgan fingerprint density at radius 3 is 2.61 bits per heavy atom. The molecule has 0 unspecified atom stereocenters. The largest absolute Gasteiger partial charge is 0.383 e. The first kappa shape index (κ1) is 21.0. The van der Waals surface area contributed by atoms with Crippen molar-refractivity contribution in [1.29, 1.82) is 0 Å². The molecule has 1 aliphatic heterocycles. The number of hydrogen-bond acceptors (Lipinski definition) is 4. The second-order valence-corrected chi connectivity index (χ2v) is 8.19. The maximum atomic E-state index is 14.8. The van der Waals surface area contributed by atoms with Crippen LogP contribution < -0.4 is 11.1 Å². The van der Waals surface area contributed by atoms with Gasteiger partial charge in [0, 0.05) is 31.5 Å². The van der Waals surface area contributed by atoms with E-state index in [1.54, 1.807) is 12.3 Å². The number of benzene rings is 2. The van der Waals surface area contributed by atoms with E-state index in [4.69, 9.17) is 10.5 Å². The van der Waals surface area contributed by atoms with Crippen molar-refractivity contribution in [3.63, 3.8) is 0 Å². The molecule has 6 heteroatoms. The predicted octanol–water partition coefficient (Wildman–Crippen LogP) is 4.47. The summed E-state index contributed by atoms with van der Waals surface area (Å²) in [6.07, 6.45) is 3.59. The summed E-state index contributed by atoms with van der Waals surface area (Å²) in [4.78, 5) is 16.8. The van der Waals surface area contributed by atoms with Crippen LogP contribution in [0, 0.1) is 5.82 Å². The molecule has 0 radical (unpaired) electrons. The summed E-state index contributed by atoms with van der Waals surface area (Å²) in [6, 6.07) is 16.0. The molecule has 1 aliphatic rings. The normalized spacial score (nSPS) is 15.4. The van der Waals surface area contributed by atoms with Gasteiger partial charge in [0.25, 0.3) is 5.91 Å². The summed E-state index contributed by atoms with van der Waals surface area (Å²) in [5.41, 5.74) is 9.34. The zero-order valence-electron chi connectivity index (χ0n) is 17.5. The fourth-order valence-corrected chi connectivity index (χ4v) is 3.89. The molecule has 0 aliphatic carbocycles. The van der Waals surface area contributed by atoms with Gasteiger partial charge in [-0.05, 0) is 53.1 Å². The zero-order valence-corrected chi connectivity index (χ0v) is 17.5. The lowest BCUT2D eigenvalue weighted by Gasteiger charge is -2.34. The summed E-state index contributed by atoms with van der Waals surface area (Å²) >= 11 is 0. The predicted molar refractivity (Wildman–Crippen MR) is 119 cm³/mol. The van der Waals surface area contributed by atoms with E-state index in [9.17, 15) is 9.18 Å². The molecular formula is C25H26FN3O2. The summed E-state index contributed by atoms with van der Waals surface area (Å²) < 4.78 is 20.3. The molecule has 0 spiro atoms. The summed E-state index contributed by atoms with van der Waals surface area (Å²) in [5, 5.41) is 2.76. The van der Waals surface area contributed by atoms with Gasteiger partial charge in [0.2, 0.25) is 0 Å². The van der Waals surface area contributed by atoms with E-state index in [0.29, 0.717) is 36.7 Å². The standard InChI is InChI=1S/C25H26FN3O2/c1-25(9-11-31-12-10-25)19-14-21(23(27)28-16-19)18-7-8-20(22(26)13-18)24(30)29-15-17-5-3-2-4-6-17/h2-8,13-14,16H,9-12,15H2,1H3,(H2,27,28)(H,29,30). The van der Waals surface area contributed by atoms with Crippen molar-refractivity contribution in [1.82, 2.24) is 10.3 Å². The average molecular weight is 420 g/mol. The molecule has 0 saturated carbocycles. The maximum absolute atomic E-state index is 14.8. The Morgan fingerprint density at radius 2 is 1.90 bits per heavy atom. The van der Waals surface area contributed by atoms with Crippen LogP contribution in [0.15, 0.2) is 60.8 Å². The molecule has 1 fully saturated rings. The van der Waals surface area contributed by atoms with Crippen molar-refractivity contribution in [3.8, 4) is 11.1 Å². The molecule has 31 heavy (non-hydrogen) atoms. The van der Waals surface area contributed by atoms with Gasteiger partial charge in [-0.3, -0.25) is 4.79 Å². The van der Waals surface area contributed by atoms with Crippen LogP contribution in [0.3, 0.4) is 0 Å². The van der Waals surface area contributed by atoms with E-state index in [1.807, 2.05) is 36.4 Å². The molecule has 0 atom stereocenters. The number of halogens is 1. The van der Waals surface area contributed by atoms with Crippen LogP contribution in [0.2, 0.25) is 0 Å². The van der Waals surface area contributed by atoms with Crippen LogP contribution in [0.5, 0.6) is 0 Å². The maximum Gasteiger partial charge on any atom is 0.254 e. The number of nitrogen functional groups attached to an aromatic ring is 1. The number of pyridine rings is 1. The van der Waals surface area contributed by atoms with Gasteiger partial charge in [0.15, 0.2) is 0 Å². The Labute approximate surface area is 181 Å². The molecule has 1 amide bonds. The first-order valence-electron chi connectivity index (χ1n) is 10.4. The monoisotopic (exact) mass is 419 g/mol. The van der Waals surface area contributed by atoms with Crippen molar-refractivity contribution < 1.29 is 13.9 Å². The smallest absolute Gasteiger partial charge is 0.254 e. The van der Waals surface area contributed by atoms with E-state index in [0.717, 1.165) is 24.0 Å². The van der Waals surface area contributed by atoms with Gasteiger partial charge in [-0.25, -0.2) is 9.37 Å². The lowest BCUT2D eigenvalue weighted by molar-refractivity contribution is 0.0563. The molecule has 1 aromatic heterocycles. The highest BCUT2D eigenvalue weighted by molar-refractivity contribution is 5.95. The quantitative estimate of drug-likeness (QED) is 0.640. The third kappa shape index (κ3) is 4.59.